The van der Waals surface area contributed by atoms with E-state index in [9.17, 15) is 9.59 Å². The van der Waals surface area contributed by atoms with Crippen molar-refractivity contribution in [1.82, 2.24) is 9.80 Å². The summed E-state index contributed by atoms with van der Waals surface area (Å²) in [5.41, 5.74) is 6.28. The Morgan fingerprint density at radius 1 is 1.20 bits per heavy atom. The van der Waals surface area contributed by atoms with Gasteiger partial charge >= 0.3 is 0 Å². The number of amides is 2. The molecule has 25 heavy (non-hydrogen) atoms. The van der Waals surface area contributed by atoms with Crippen molar-refractivity contribution in [3.05, 3.63) is 35.9 Å². The van der Waals surface area contributed by atoms with E-state index in [1.54, 1.807) is 0 Å². The Labute approximate surface area is 151 Å². The molecule has 0 spiro atoms. The molecule has 1 atom stereocenters. The van der Waals surface area contributed by atoms with Crippen molar-refractivity contribution in [3.63, 3.8) is 0 Å². The van der Waals surface area contributed by atoms with E-state index in [-0.39, 0.29) is 29.3 Å². The third-order valence-corrected chi connectivity index (χ3v) is 5.10. The quantitative estimate of drug-likeness (QED) is 0.891. The van der Waals surface area contributed by atoms with Crippen molar-refractivity contribution in [2.45, 2.75) is 58.7 Å². The fraction of sp³-hybridized carbons (Fsp3) is 0.600. The van der Waals surface area contributed by atoms with Crippen LogP contribution in [0.2, 0.25) is 0 Å². The van der Waals surface area contributed by atoms with Gasteiger partial charge in [0.2, 0.25) is 11.8 Å². The van der Waals surface area contributed by atoms with Crippen LogP contribution < -0.4 is 5.73 Å². The van der Waals surface area contributed by atoms with Gasteiger partial charge in [0, 0.05) is 18.0 Å². The van der Waals surface area contributed by atoms with E-state index in [1.165, 1.54) is 0 Å². The summed E-state index contributed by atoms with van der Waals surface area (Å²) in [7, 11) is 0. The minimum atomic E-state index is -0.257. The normalized spacial score (nSPS) is 17.9. The Hall–Kier alpha value is -1.88. The first-order valence-corrected chi connectivity index (χ1v) is 9.09. The van der Waals surface area contributed by atoms with Crippen LogP contribution in [0.15, 0.2) is 30.3 Å². The van der Waals surface area contributed by atoms with Crippen molar-refractivity contribution in [3.8, 4) is 0 Å². The number of nitrogens with zero attached hydrogens (tertiary/aromatic N) is 2. The van der Waals surface area contributed by atoms with E-state index in [1.807, 2.05) is 30.0 Å². The number of rotatable bonds is 5. The highest BCUT2D eigenvalue weighted by atomic mass is 16.2. The molecule has 138 valence electrons. The monoisotopic (exact) mass is 345 g/mol. The standard InChI is InChI=1S/C20H31N3O2/c1-15(22-12-10-17(11-13-22)18(21)24)19(25)23(20(2,3)4)14-16-8-6-5-7-9-16/h5-9,15,17H,10-14H2,1-4H3,(H2,21,24)/t15-/m1/s1. The zero-order valence-electron chi connectivity index (χ0n) is 15.9. The molecule has 5 nitrogen and oxygen atoms in total. The zero-order chi connectivity index (χ0) is 18.6. The number of likely N-dealkylation sites (tertiary alicyclic amines) is 1. The van der Waals surface area contributed by atoms with Crippen LogP contribution in [0.25, 0.3) is 0 Å². The molecule has 0 bridgehead atoms. The Bertz CT molecular complexity index is 587. The Kier molecular flexibility index (Phi) is 6.22. The van der Waals surface area contributed by atoms with Crippen molar-refractivity contribution < 1.29 is 9.59 Å². The first kappa shape index (κ1) is 19.4. The summed E-state index contributed by atoms with van der Waals surface area (Å²) in [6.07, 6.45) is 1.47. The fourth-order valence-electron chi connectivity index (χ4n) is 3.36. The third-order valence-electron chi connectivity index (χ3n) is 5.10. The van der Waals surface area contributed by atoms with Gasteiger partial charge in [0.1, 0.15) is 0 Å². The summed E-state index contributed by atoms with van der Waals surface area (Å²) >= 11 is 0. The molecule has 5 heteroatoms. The molecular weight excluding hydrogens is 314 g/mol. The van der Waals surface area contributed by atoms with Crippen LogP contribution in [-0.2, 0) is 16.1 Å². The first-order valence-electron chi connectivity index (χ1n) is 9.09. The van der Waals surface area contributed by atoms with Crippen LogP contribution in [0.4, 0.5) is 0 Å². The zero-order valence-corrected chi connectivity index (χ0v) is 15.9. The predicted molar refractivity (Wildman–Crippen MR) is 99.7 cm³/mol. The molecule has 0 aromatic heterocycles. The van der Waals surface area contributed by atoms with Gasteiger partial charge in [-0.2, -0.15) is 0 Å². The Balaban J connectivity index is 2.07. The van der Waals surface area contributed by atoms with Crippen LogP contribution in [0.3, 0.4) is 0 Å². The predicted octanol–water partition coefficient (Wildman–Crippen LogP) is 2.40. The maximum Gasteiger partial charge on any atom is 0.240 e. The molecule has 0 saturated carbocycles. The molecular formula is C20H31N3O2. The number of carbonyl (C=O) groups excluding carboxylic acids is 2. The second kappa shape index (κ2) is 8.00. The van der Waals surface area contributed by atoms with Crippen LogP contribution in [0, 0.1) is 5.92 Å². The van der Waals surface area contributed by atoms with Gasteiger partial charge in [-0.25, -0.2) is 0 Å². The van der Waals surface area contributed by atoms with Crippen molar-refractivity contribution in [2.75, 3.05) is 13.1 Å². The number of nitrogens with two attached hydrogens (primary N) is 1. The molecule has 1 aromatic carbocycles. The molecule has 1 fully saturated rings. The average molecular weight is 345 g/mol. The van der Waals surface area contributed by atoms with E-state index in [2.05, 4.69) is 37.8 Å². The number of hydrogen-bond donors (Lipinski definition) is 1. The Morgan fingerprint density at radius 2 is 1.76 bits per heavy atom. The summed E-state index contributed by atoms with van der Waals surface area (Å²) in [6.45, 7) is 10.3. The maximum absolute atomic E-state index is 13.2. The highest BCUT2D eigenvalue weighted by Gasteiger charge is 2.34. The molecule has 1 saturated heterocycles. The summed E-state index contributed by atoms with van der Waals surface area (Å²) in [5, 5.41) is 0. The summed E-state index contributed by atoms with van der Waals surface area (Å²) in [6, 6.07) is 9.89. The Morgan fingerprint density at radius 3 is 2.24 bits per heavy atom. The first-order chi connectivity index (χ1) is 11.7. The van der Waals surface area contributed by atoms with Crippen LogP contribution in [0.1, 0.15) is 46.1 Å². The molecule has 0 unspecified atom stereocenters. The van der Waals surface area contributed by atoms with Gasteiger partial charge in [0.15, 0.2) is 0 Å². The van der Waals surface area contributed by atoms with E-state index in [0.717, 1.165) is 31.5 Å². The summed E-state index contributed by atoms with van der Waals surface area (Å²) in [5.74, 6) is -0.144. The minimum absolute atomic E-state index is 0.0541. The smallest absolute Gasteiger partial charge is 0.240 e. The fourth-order valence-corrected chi connectivity index (χ4v) is 3.36. The van der Waals surface area contributed by atoms with Crippen molar-refractivity contribution in [2.24, 2.45) is 11.7 Å². The van der Waals surface area contributed by atoms with E-state index < -0.39 is 0 Å². The lowest BCUT2D eigenvalue weighted by Gasteiger charge is -2.41. The second-order valence-electron chi connectivity index (χ2n) is 7.97. The molecule has 0 aliphatic carbocycles. The van der Waals surface area contributed by atoms with E-state index in [4.69, 9.17) is 5.73 Å². The molecule has 2 amide bonds. The highest BCUT2D eigenvalue weighted by Crippen LogP contribution is 2.23. The molecule has 1 aromatic rings. The molecule has 1 heterocycles. The number of hydrogen-bond acceptors (Lipinski definition) is 3. The minimum Gasteiger partial charge on any atom is -0.369 e. The second-order valence-corrected chi connectivity index (χ2v) is 7.97. The number of benzene rings is 1. The average Bonchev–Trinajstić information content (AvgIpc) is 2.58. The topological polar surface area (TPSA) is 66.6 Å². The van der Waals surface area contributed by atoms with E-state index in [0.29, 0.717) is 6.54 Å². The maximum atomic E-state index is 13.2. The molecule has 1 aliphatic heterocycles. The van der Waals surface area contributed by atoms with Crippen molar-refractivity contribution in [1.29, 1.82) is 0 Å². The summed E-state index contributed by atoms with van der Waals surface area (Å²) in [4.78, 5) is 28.7. The van der Waals surface area contributed by atoms with Gasteiger partial charge in [-0.05, 0) is 59.2 Å². The molecule has 2 N–H and O–H groups in total. The molecule has 1 aliphatic rings. The van der Waals surface area contributed by atoms with E-state index >= 15 is 0 Å². The van der Waals surface area contributed by atoms with Gasteiger partial charge in [-0.1, -0.05) is 30.3 Å². The van der Waals surface area contributed by atoms with Gasteiger partial charge in [-0.3, -0.25) is 14.5 Å². The lowest BCUT2D eigenvalue weighted by Crippen LogP contribution is -2.55. The largest absolute Gasteiger partial charge is 0.369 e. The van der Waals surface area contributed by atoms with Crippen molar-refractivity contribution >= 4 is 11.8 Å². The van der Waals surface area contributed by atoms with Crippen LogP contribution >= 0.6 is 0 Å². The summed E-state index contributed by atoms with van der Waals surface area (Å²) < 4.78 is 0. The third kappa shape index (κ3) is 5.05. The SMILES string of the molecule is C[C@H](C(=O)N(Cc1ccccc1)C(C)(C)C)N1CCC(C(N)=O)CC1. The van der Waals surface area contributed by atoms with Crippen LogP contribution in [0.5, 0.6) is 0 Å². The highest BCUT2D eigenvalue weighted by molar-refractivity contribution is 5.82. The van der Waals surface area contributed by atoms with Crippen LogP contribution in [-0.4, -0.2) is 46.3 Å². The number of carbonyl (C=O) groups is 2. The lowest BCUT2D eigenvalue weighted by molar-refractivity contribution is -0.142. The van der Waals surface area contributed by atoms with Gasteiger partial charge < -0.3 is 10.6 Å². The molecule has 0 radical (unpaired) electrons. The molecule has 2 rings (SSSR count). The van der Waals surface area contributed by atoms with Gasteiger partial charge in [-0.15, -0.1) is 0 Å². The number of primary amides is 1. The van der Waals surface area contributed by atoms with Gasteiger partial charge in [0.25, 0.3) is 0 Å². The van der Waals surface area contributed by atoms with Gasteiger partial charge in [0.05, 0.1) is 6.04 Å². The lowest BCUT2D eigenvalue weighted by atomic mass is 9.95. The number of piperidine rings is 1.